The normalized spacial score (nSPS) is 19.2. The Hall–Kier alpha value is -0.740. The summed E-state index contributed by atoms with van der Waals surface area (Å²) in [5, 5.41) is 6.39. The Morgan fingerprint density at radius 3 is 2.76 bits per heavy atom. The van der Waals surface area contributed by atoms with Crippen LogP contribution in [0.25, 0.3) is 0 Å². The van der Waals surface area contributed by atoms with Crippen LogP contribution in [0.3, 0.4) is 0 Å². The van der Waals surface area contributed by atoms with Crippen LogP contribution in [-0.4, -0.2) is 23.9 Å². The Kier molecular flexibility index (Phi) is 3.94. The van der Waals surface area contributed by atoms with Gasteiger partial charge >= 0.3 is 0 Å². The fourth-order valence-corrected chi connectivity index (χ4v) is 3.19. The molecule has 0 saturated carbocycles. The quantitative estimate of drug-likeness (QED) is 0.894. The van der Waals surface area contributed by atoms with E-state index in [1.807, 2.05) is 12.3 Å². The van der Waals surface area contributed by atoms with E-state index in [0.29, 0.717) is 12.2 Å². The summed E-state index contributed by atoms with van der Waals surface area (Å²) in [5.74, 6) is 0.381. The van der Waals surface area contributed by atoms with Gasteiger partial charge in [-0.1, -0.05) is 6.92 Å². The molecule has 2 heterocycles. The number of nitrogens with one attached hydrogen (secondary N) is 1. The van der Waals surface area contributed by atoms with Crippen molar-refractivity contribution >= 4 is 17.1 Å². The second kappa shape index (κ2) is 5.27. The topological polar surface area (TPSA) is 42.0 Å². The van der Waals surface area contributed by atoms with Crippen molar-refractivity contribution in [1.82, 2.24) is 10.3 Å². The molecule has 0 aromatic carbocycles. The third-order valence-corrected chi connectivity index (χ3v) is 4.66. The second-order valence-electron chi connectivity index (χ2n) is 4.84. The Morgan fingerprint density at radius 1 is 1.53 bits per heavy atom. The van der Waals surface area contributed by atoms with Gasteiger partial charge in [0.25, 0.3) is 0 Å². The van der Waals surface area contributed by atoms with Gasteiger partial charge in [0.05, 0.1) is 17.1 Å². The van der Waals surface area contributed by atoms with Crippen LogP contribution in [0, 0.1) is 12.3 Å². The molecule has 1 aromatic rings. The molecule has 2 rings (SSSR count). The minimum absolute atomic E-state index is 0.0945. The maximum absolute atomic E-state index is 12.5. The molecule has 1 aliphatic rings. The lowest BCUT2D eigenvalue weighted by Crippen LogP contribution is -2.42. The summed E-state index contributed by atoms with van der Waals surface area (Å²) in [6.45, 7) is 6.06. The molecule has 0 bridgehead atoms. The lowest BCUT2D eigenvalue weighted by atomic mass is 9.72. The molecular weight excluding hydrogens is 232 g/mol. The van der Waals surface area contributed by atoms with Gasteiger partial charge < -0.3 is 5.32 Å². The predicted molar refractivity (Wildman–Crippen MR) is 70.4 cm³/mol. The number of piperidine rings is 1. The molecule has 0 aliphatic carbocycles. The van der Waals surface area contributed by atoms with E-state index < -0.39 is 0 Å². The number of nitrogens with zero attached hydrogens (tertiary/aromatic N) is 1. The number of ketones is 1. The van der Waals surface area contributed by atoms with Gasteiger partial charge in [-0.2, -0.15) is 0 Å². The highest BCUT2D eigenvalue weighted by Crippen LogP contribution is 2.34. The molecule has 4 heteroatoms. The molecule has 0 amide bonds. The summed E-state index contributed by atoms with van der Waals surface area (Å²) in [5.41, 5.74) is 0.854. The van der Waals surface area contributed by atoms with E-state index in [1.54, 1.807) is 11.3 Å². The van der Waals surface area contributed by atoms with Crippen molar-refractivity contribution in [2.45, 2.75) is 39.5 Å². The highest BCUT2D eigenvalue weighted by atomic mass is 32.1. The first-order valence-corrected chi connectivity index (χ1v) is 7.19. The van der Waals surface area contributed by atoms with Gasteiger partial charge in [-0.05, 0) is 39.3 Å². The number of hydrogen-bond acceptors (Lipinski definition) is 4. The van der Waals surface area contributed by atoms with E-state index in [-0.39, 0.29) is 5.41 Å². The zero-order valence-corrected chi connectivity index (χ0v) is 11.4. The van der Waals surface area contributed by atoms with Crippen molar-refractivity contribution in [3.8, 4) is 0 Å². The van der Waals surface area contributed by atoms with Crippen LogP contribution in [-0.2, 0) is 11.2 Å². The summed E-state index contributed by atoms with van der Waals surface area (Å²) in [4.78, 5) is 16.9. The standard InChI is InChI=1S/C13H20N2OS/c1-3-13(4-6-14-7-5-13)12(16)8-11-9-17-10(2)15-11/h9,14H,3-8H2,1-2H3. The smallest absolute Gasteiger partial charge is 0.145 e. The fourth-order valence-electron chi connectivity index (χ4n) is 2.58. The van der Waals surface area contributed by atoms with Crippen molar-refractivity contribution in [1.29, 1.82) is 0 Å². The summed E-state index contributed by atoms with van der Waals surface area (Å²) in [7, 11) is 0. The third-order valence-electron chi connectivity index (χ3n) is 3.84. The van der Waals surface area contributed by atoms with Crippen LogP contribution in [0.5, 0.6) is 0 Å². The Labute approximate surface area is 107 Å². The van der Waals surface area contributed by atoms with Gasteiger partial charge in [0.1, 0.15) is 5.78 Å². The molecule has 1 N–H and O–H groups in total. The van der Waals surface area contributed by atoms with Gasteiger partial charge in [0.15, 0.2) is 0 Å². The van der Waals surface area contributed by atoms with Crippen molar-refractivity contribution in [2.75, 3.05) is 13.1 Å². The molecule has 1 aromatic heterocycles. The number of Topliss-reactive ketones (excluding diaryl/α,β-unsaturated/α-hetero) is 1. The molecule has 1 aliphatic heterocycles. The van der Waals surface area contributed by atoms with Gasteiger partial charge in [0, 0.05) is 10.8 Å². The number of rotatable bonds is 4. The first kappa shape index (κ1) is 12.7. The number of aryl methyl sites for hydroxylation is 1. The van der Waals surface area contributed by atoms with Crippen molar-refractivity contribution in [2.24, 2.45) is 5.41 Å². The van der Waals surface area contributed by atoms with Crippen molar-refractivity contribution < 1.29 is 4.79 Å². The average molecular weight is 252 g/mol. The molecule has 1 fully saturated rings. The van der Waals surface area contributed by atoms with E-state index in [9.17, 15) is 4.79 Å². The van der Waals surface area contributed by atoms with Gasteiger partial charge in [0.2, 0.25) is 0 Å². The second-order valence-corrected chi connectivity index (χ2v) is 5.90. The highest BCUT2D eigenvalue weighted by molar-refractivity contribution is 7.09. The van der Waals surface area contributed by atoms with E-state index in [1.165, 1.54) is 0 Å². The van der Waals surface area contributed by atoms with Crippen LogP contribution >= 0.6 is 11.3 Å². The monoisotopic (exact) mass is 252 g/mol. The molecule has 1 saturated heterocycles. The SMILES string of the molecule is CCC1(C(=O)Cc2csc(C)n2)CCNCC1. The van der Waals surface area contributed by atoms with Crippen LogP contribution in [0.4, 0.5) is 0 Å². The Bertz CT molecular complexity index is 394. The third kappa shape index (κ3) is 2.75. The number of carbonyl (C=O) groups is 1. The number of carbonyl (C=O) groups excluding carboxylic acids is 1. The van der Waals surface area contributed by atoms with Crippen LogP contribution in [0.15, 0.2) is 5.38 Å². The van der Waals surface area contributed by atoms with Gasteiger partial charge in [-0.25, -0.2) is 4.98 Å². The van der Waals surface area contributed by atoms with Crippen molar-refractivity contribution in [3.63, 3.8) is 0 Å². The number of thiazole rings is 1. The average Bonchev–Trinajstić information content (AvgIpc) is 2.75. The Balaban J connectivity index is 2.07. The molecule has 0 unspecified atom stereocenters. The lowest BCUT2D eigenvalue weighted by Gasteiger charge is -2.35. The number of aromatic nitrogens is 1. The van der Waals surface area contributed by atoms with Crippen molar-refractivity contribution in [3.05, 3.63) is 16.1 Å². The minimum atomic E-state index is -0.0945. The Morgan fingerprint density at radius 2 is 2.24 bits per heavy atom. The fraction of sp³-hybridized carbons (Fsp3) is 0.692. The van der Waals surface area contributed by atoms with Crippen LogP contribution in [0.1, 0.15) is 36.9 Å². The van der Waals surface area contributed by atoms with Crippen LogP contribution < -0.4 is 5.32 Å². The highest BCUT2D eigenvalue weighted by Gasteiger charge is 2.37. The molecule has 17 heavy (non-hydrogen) atoms. The summed E-state index contributed by atoms with van der Waals surface area (Å²) >= 11 is 1.62. The summed E-state index contributed by atoms with van der Waals surface area (Å²) in [6.07, 6.45) is 3.42. The minimum Gasteiger partial charge on any atom is -0.317 e. The van der Waals surface area contributed by atoms with E-state index in [2.05, 4.69) is 17.2 Å². The molecule has 94 valence electrons. The molecule has 0 radical (unpaired) electrons. The molecule has 0 spiro atoms. The lowest BCUT2D eigenvalue weighted by molar-refractivity contribution is -0.129. The summed E-state index contributed by atoms with van der Waals surface area (Å²) < 4.78 is 0. The first-order valence-electron chi connectivity index (χ1n) is 6.31. The maximum atomic E-state index is 12.5. The van der Waals surface area contributed by atoms with E-state index in [4.69, 9.17) is 0 Å². The first-order chi connectivity index (χ1) is 8.16. The molecule has 3 nitrogen and oxygen atoms in total. The predicted octanol–water partition coefficient (Wildman–Crippen LogP) is 2.34. The molecular formula is C13H20N2OS. The largest absolute Gasteiger partial charge is 0.317 e. The zero-order chi connectivity index (χ0) is 12.3. The zero-order valence-electron chi connectivity index (χ0n) is 10.6. The maximum Gasteiger partial charge on any atom is 0.145 e. The summed E-state index contributed by atoms with van der Waals surface area (Å²) in [6, 6.07) is 0. The van der Waals surface area contributed by atoms with E-state index in [0.717, 1.165) is 43.1 Å². The van der Waals surface area contributed by atoms with Gasteiger partial charge in [-0.3, -0.25) is 4.79 Å². The molecule has 0 atom stereocenters. The number of hydrogen-bond donors (Lipinski definition) is 1. The van der Waals surface area contributed by atoms with Gasteiger partial charge in [-0.15, -0.1) is 11.3 Å². The van der Waals surface area contributed by atoms with Crippen LogP contribution in [0.2, 0.25) is 0 Å². The van der Waals surface area contributed by atoms with E-state index >= 15 is 0 Å².